The second kappa shape index (κ2) is 5.63. The van der Waals surface area contributed by atoms with Gasteiger partial charge in [-0.2, -0.15) is 0 Å². The fourth-order valence-electron chi connectivity index (χ4n) is 1.17. The van der Waals surface area contributed by atoms with Crippen molar-refractivity contribution in [3.05, 3.63) is 28.8 Å². The lowest BCUT2D eigenvalue weighted by Crippen LogP contribution is -2.42. The van der Waals surface area contributed by atoms with E-state index in [-0.39, 0.29) is 12.5 Å². The second-order valence-corrected chi connectivity index (χ2v) is 5.52. The van der Waals surface area contributed by atoms with E-state index < -0.39 is 11.3 Å². The van der Waals surface area contributed by atoms with Gasteiger partial charge in [0.25, 0.3) is 5.91 Å². The molecule has 0 spiro atoms. The molecule has 0 heterocycles. The number of benzene rings is 1. The van der Waals surface area contributed by atoms with E-state index >= 15 is 0 Å². The molecule has 4 nitrogen and oxygen atoms in total. The molecule has 0 fully saturated rings. The number of hydrogen-bond acceptors (Lipinski definition) is 3. The molecule has 1 rings (SSSR count). The van der Waals surface area contributed by atoms with Crippen molar-refractivity contribution in [3.63, 3.8) is 0 Å². The van der Waals surface area contributed by atoms with Crippen molar-refractivity contribution >= 4 is 36.0 Å². The van der Waals surface area contributed by atoms with E-state index in [4.69, 9.17) is 17.3 Å². The van der Waals surface area contributed by atoms with Gasteiger partial charge < -0.3 is 11.1 Å². The molecule has 0 radical (unpaired) electrons. The minimum absolute atomic E-state index is 0.147. The van der Waals surface area contributed by atoms with Crippen molar-refractivity contribution in [2.24, 2.45) is 11.1 Å². The molecule has 0 saturated heterocycles. The highest BCUT2D eigenvalue weighted by Gasteiger charge is 2.25. The van der Waals surface area contributed by atoms with Gasteiger partial charge in [-0.25, -0.2) is 0 Å². The molecule has 98 valence electrons. The lowest BCUT2D eigenvalue weighted by molar-refractivity contribution is -0.125. The zero-order chi connectivity index (χ0) is 13.9. The van der Waals surface area contributed by atoms with Crippen LogP contribution in [0, 0.1) is 5.41 Å². The summed E-state index contributed by atoms with van der Waals surface area (Å²) in [6, 6.07) is 4.85. The maximum absolute atomic E-state index is 11.9. The minimum Gasteiger partial charge on any atom is -0.369 e. The number of amides is 2. The highest BCUT2D eigenvalue weighted by molar-refractivity contribution is 7.80. The summed E-state index contributed by atoms with van der Waals surface area (Å²) >= 11 is 10.1. The van der Waals surface area contributed by atoms with Crippen molar-refractivity contribution in [1.82, 2.24) is 5.32 Å². The van der Waals surface area contributed by atoms with Crippen molar-refractivity contribution in [1.29, 1.82) is 0 Å². The lowest BCUT2D eigenvalue weighted by Gasteiger charge is -2.20. The summed E-state index contributed by atoms with van der Waals surface area (Å²) in [6.45, 7) is 3.47. The van der Waals surface area contributed by atoms with Gasteiger partial charge in [0.05, 0.1) is 16.0 Å². The summed E-state index contributed by atoms with van der Waals surface area (Å²) in [5.74, 6) is -0.831. The maximum Gasteiger partial charge on any atom is 0.252 e. The summed E-state index contributed by atoms with van der Waals surface area (Å²) in [5.41, 5.74) is 4.74. The predicted molar refractivity (Wildman–Crippen MR) is 74.0 cm³/mol. The zero-order valence-electron chi connectivity index (χ0n) is 10.2. The molecule has 2 amide bonds. The Morgan fingerprint density at radius 3 is 2.61 bits per heavy atom. The Kier molecular flexibility index (Phi) is 4.65. The number of carbonyl (C=O) groups excluding carboxylic acids is 2. The Morgan fingerprint density at radius 2 is 2.06 bits per heavy atom. The van der Waals surface area contributed by atoms with Crippen LogP contribution in [0.25, 0.3) is 0 Å². The van der Waals surface area contributed by atoms with E-state index in [1.165, 1.54) is 0 Å². The summed E-state index contributed by atoms with van der Waals surface area (Å²) < 4.78 is 0. The first kappa shape index (κ1) is 14.9. The monoisotopic (exact) mass is 286 g/mol. The van der Waals surface area contributed by atoms with E-state index in [0.717, 1.165) is 0 Å². The summed E-state index contributed by atoms with van der Waals surface area (Å²) in [7, 11) is 0. The number of thiol groups is 1. The van der Waals surface area contributed by atoms with E-state index in [1.807, 2.05) is 0 Å². The van der Waals surface area contributed by atoms with Gasteiger partial charge in [0.1, 0.15) is 0 Å². The molecule has 0 unspecified atom stereocenters. The Morgan fingerprint density at radius 1 is 1.44 bits per heavy atom. The minimum atomic E-state index is -0.805. The van der Waals surface area contributed by atoms with E-state index in [2.05, 4.69) is 17.9 Å². The highest BCUT2D eigenvalue weighted by Crippen LogP contribution is 2.20. The first-order chi connectivity index (χ1) is 8.24. The van der Waals surface area contributed by atoms with Crippen molar-refractivity contribution in [2.45, 2.75) is 18.7 Å². The number of carbonyl (C=O) groups is 2. The van der Waals surface area contributed by atoms with Crippen molar-refractivity contribution in [3.8, 4) is 0 Å². The van der Waals surface area contributed by atoms with Crippen LogP contribution in [0.15, 0.2) is 23.1 Å². The van der Waals surface area contributed by atoms with Gasteiger partial charge in [-0.1, -0.05) is 11.6 Å². The van der Waals surface area contributed by atoms with Crippen molar-refractivity contribution in [2.75, 3.05) is 6.54 Å². The van der Waals surface area contributed by atoms with Crippen LogP contribution < -0.4 is 11.1 Å². The average Bonchev–Trinajstić information content (AvgIpc) is 2.29. The van der Waals surface area contributed by atoms with Gasteiger partial charge in [0, 0.05) is 11.4 Å². The molecule has 6 heteroatoms. The number of primary amides is 1. The Balaban J connectivity index is 2.78. The molecule has 0 aliphatic rings. The summed E-state index contributed by atoms with van der Waals surface area (Å²) in [4.78, 5) is 23.7. The molecular formula is C12H15ClN2O2S. The molecule has 0 aliphatic carbocycles. The molecule has 1 aromatic rings. The van der Waals surface area contributed by atoms with Crippen LogP contribution in [-0.4, -0.2) is 18.4 Å². The normalized spacial score (nSPS) is 11.1. The van der Waals surface area contributed by atoms with Crippen molar-refractivity contribution < 1.29 is 9.59 Å². The predicted octanol–water partition coefficient (Wildman–Crippen LogP) is 1.87. The third kappa shape index (κ3) is 3.65. The fraction of sp³-hybridized carbons (Fsp3) is 0.333. The summed E-state index contributed by atoms with van der Waals surface area (Å²) in [6.07, 6.45) is 0. The maximum atomic E-state index is 11.9. The fourth-order valence-corrected chi connectivity index (χ4v) is 1.58. The van der Waals surface area contributed by atoms with Gasteiger partial charge in [0.15, 0.2) is 0 Å². The first-order valence-corrected chi connectivity index (χ1v) is 6.13. The van der Waals surface area contributed by atoms with Crippen LogP contribution in [-0.2, 0) is 4.79 Å². The molecule has 0 aliphatic heterocycles. The topological polar surface area (TPSA) is 72.2 Å². The molecule has 3 N–H and O–H groups in total. The Labute approximate surface area is 116 Å². The number of nitrogens with two attached hydrogens (primary N) is 1. The standard InChI is InChI=1S/C12H15ClN2O2S/c1-12(2,11(14)17)6-15-10(16)8-5-7(18)3-4-9(8)13/h3-5,18H,6H2,1-2H3,(H2,14,17)(H,15,16). The van der Waals surface area contributed by atoms with Gasteiger partial charge in [-0.15, -0.1) is 12.6 Å². The third-order valence-corrected chi connectivity index (χ3v) is 3.16. The largest absolute Gasteiger partial charge is 0.369 e. The molecule has 0 aromatic heterocycles. The van der Waals surface area contributed by atoms with E-state index in [0.29, 0.717) is 15.5 Å². The Hall–Kier alpha value is -1.20. The molecule has 18 heavy (non-hydrogen) atoms. The van der Waals surface area contributed by atoms with Gasteiger partial charge in [-0.3, -0.25) is 9.59 Å². The van der Waals surface area contributed by atoms with Crippen LogP contribution in [0.2, 0.25) is 5.02 Å². The first-order valence-electron chi connectivity index (χ1n) is 5.30. The molecule has 1 aromatic carbocycles. The highest BCUT2D eigenvalue weighted by atomic mass is 35.5. The van der Waals surface area contributed by atoms with E-state index in [9.17, 15) is 9.59 Å². The van der Waals surface area contributed by atoms with Gasteiger partial charge in [0.2, 0.25) is 5.91 Å². The number of hydrogen-bond donors (Lipinski definition) is 3. The summed E-state index contributed by atoms with van der Waals surface area (Å²) in [5, 5.41) is 2.97. The van der Waals surface area contributed by atoms with Crippen LogP contribution >= 0.6 is 24.2 Å². The van der Waals surface area contributed by atoms with Crippen LogP contribution in [0.5, 0.6) is 0 Å². The SMILES string of the molecule is CC(C)(CNC(=O)c1cc(S)ccc1Cl)C(N)=O. The van der Waals surface area contributed by atoms with Crippen LogP contribution in [0.1, 0.15) is 24.2 Å². The molecule has 0 bridgehead atoms. The second-order valence-electron chi connectivity index (χ2n) is 4.59. The zero-order valence-corrected chi connectivity index (χ0v) is 11.8. The average molecular weight is 287 g/mol. The Bertz CT molecular complexity index is 489. The van der Waals surface area contributed by atoms with Gasteiger partial charge in [-0.05, 0) is 32.0 Å². The number of rotatable bonds is 4. The molecule has 0 atom stereocenters. The molecule has 0 saturated carbocycles. The quantitative estimate of drug-likeness (QED) is 0.740. The lowest BCUT2D eigenvalue weighted by atomic mass is 9.92. The number of halogens is 1. The molecular weight excluding hydrogens is 272 g/mol. The smallest absolute Gasteiger partial charge is 0.252 e. The van der Waals surface area contributed by atoms with Crippen LogP contribution in [0.3, 0.4) is 0 Å². The number of nitrogens with one attached hydrogen (secondary N) is 1. The van der Waals surface area contributed by atoms with Crippen LogP contribution in [0.4, 0.5) is 0 Å². The van der Waals surface area contributed by atoms with Gasteiger partial charge >= 0.3 is 0 Å². The third-order valence-electron chi connectivity index (χ3n) is 2.55. The van der Waals surface area contributed by atoms with E-state index in [1.54, 1.807) is 32.0 Å².